The summed E-state index contributed by atoms with van der Waals surface area (Å²) >= 11 is 17.1. The number of nitrogens with zero attached hydrogens (tertiary/aromatic N) is 20. The van der Waals surface area contributed by atoms with Crippen LogP contribution >= 0.6 is 34.8 Å². The number of anilines is 13. The van der Waals surface area contributed by atoms with Crippen molar-refractivity contribution < 1.29 is 9.59 Å². The Morgan fingerprint density at radius 1 is 0.380 bits per heavy atom. The van der Waals surface area contributed by atoms with Crippen molar-refractivity contribution in [2.75, 3.05) is 135 Å². The Morgan fingerprint density at radius 3 is 1.11 bits per heavy atom. The van der Waals surface area contributed by atoms with E-state index in [0.717, 1.165) is 109 Å². The Morgan fingerprint density at radius 2 is 0.713 bits per heavy atom. The van der Waals surface area contributed by atoms with Gasteiger partial charge in [0.25, 0.3) is 11.8 Å². The Bertz CT molecular complexity index is 4290. The van der Waals surface area contributed by atoms with Crippen LogP contribution in [0.3, 0.4) is 0 Å². The summed E-state index contributed by atoms with van der Waals surface area (Å²) in [4.78, 5) is 97.8. The van der Waals surface area contributed by atoms with Gasteiger partial charge in [0.2, 0.25) is 69.4 Å². The zero-order valence-corrected chi connectivity index (χ0v) is 63.2. The van der Waals surface area contributed by atoms with Crippen LogP contribution in [0.1, 0.15) is 153 Å². The zero-order valence-electron chi connectivity index (χ0n) is 60.9. The lowest BCUT2D eigenvalue weighted by Crippen LogP contribution is -2.31. The molecule has 10 heterocycles. The average Bonchev–Trinajstić information content (AvgIpc) is 0.704. The number of carbonyl (C=O) groups excluding carboxylic acids is 2. The molecule has 5 aliphatic heterocycles. The molecule has 4 aromatic carbocycles. The van der Waals surface area contributed by atoms with Crippen LogP contribution in [0.5, 0.6) is 0 Å². The average molecular weight is 1530 g/mol. The Balaban J connectivity index is 0.000000162. The molecule has 0 bridgehead atoms. The van der Waals surface area contributed by atoms with E-state index in [1.54, 1.807) is 54.6 Å². The molecule has 568 valence electrons. The van der Waals surface area contributed by atoms with E-state index in [0.29, 0.717) is 87.5 Å². The summed E-state index contributed by atoms with van der Waals surface area (Å²) in [6.45, 7) is 18.6. The molecule has 2 amide bonds. The molecule has 14 rings (SSSR count). The molecule has 0 aliphatic carbocycles. The van der Waals surface area contributed by atoms with Crippen molar-refractivity contribution in [3.63, 3.8) is 0 Å². The molecule has 5 saturated heterocycles. The Labute approximate surface area is 644 Å². The van der Waals surface area contributed by atoms with Gasteiger partial charge < -0.3 is 69.5 Å². The van der Waals surface area contributed by atoms with E-state index in [2.05, 4.69) is 123 Å². The third kappa shape index (κ3) is 26.1. The first kappa shape index (κ1) is 80.8. The van der Waals surface area contributed by atoms with Crippen molar-refractivity contribution >= 4 is 141 Å². The van der Waals surface area contributed by atoms with Gasteiger partial charge in [-0.05, 0) is 216 Å². The molecule has 0 unspecified atom stereocenters. The lowest BCUT2D eigenvalue weighted by atomic mass is 10.1. The highest BCUT2D eigenvalue weighted by atomic mass is 35.5. The third-order valence-electron chi connectivity index (χ3n) is 17.4. The lowest BCUT2D eigenvalue weighted by Gasteiger charge is -2.26. The number of allylic oxidation sites excluding steroid dienone is 1. The lowest BCUT2D eigenvalue weighted by molar-refractivity contribution is 0.101. The largest absolute Gasteiger partial charge is 0.397 e. The summed E-state index contributed by atoms with van der Waals surface area (Å²) in [6.07, 6.45) is 26.3. The first-order valence-electron chi connectivity index (χ1n) is 36.3. The van der Waals surface area contributed by atoms with Gasteiger partial charge in [-0.15, -0.1) is 6.58 Å². The summed E-state index contributed by atoms with van der Waals surface area (Å²) in [7, 11) is 0. The quantitative estimate of drug-likeness (QED) is 0.0349. The molecule has 108 heavy (non-hydrogen) atoms. The minimum atomic E-state index is -0.218. The van der Waals surface area contributed by atoms with E-state index >= 15 is 0 Å². The van der Waals surface area contributed by atoms with Crippen molar-refractivity contribution in [2.45, 2.75) is 116 Å². The summed E-state index contributed by atoms with van der Waals surface area (Å²) < 4.78 is 0. The molecule has 0 radical (unpaired) electrons. The number of nitrogens with two attached hydrogens (primary N) is 6. The molecule has 9 aromatic rings. The Kier molecular flexibility index (Phi) is 31.6. The zero-order chi connectivity index (χ0) is 76.6. The number of aromatic nitrogens is 15. The highest BCUT2D eigenvalue weighted by molar-refractivity contribution is 6.31. The number of nitrogens with one attached hydrogen (secondary N) is 2. The van der Waals surface area contributed by atoms with Crippen molar-refractivity contribution in [3.8, 4) is 0 Å². The van der Waals surface area contributed by atoms with Crippen LogP contribution in [0.25, 0.3) is 18.2 Å². The van der Waals surface area contributed by atoms with Crippen LogP contribution in [-0.2, 0) is 12.8 Å². The van der Waals surface area contributed by atoms with Gasteiger partial charge in [-0.3, -0.25) is 9.59 Å². The molecule has 30 nitrogen and oxygen atoms in total. The number of para-hydroxylation sites is 4. The number of aryl methyl sites for hydroxylation is 2. The number of hydrogen-bond acceptors (Lipinski definition) is 28. The molecule has 5 aliphatic rings. The third-order valence-corrected chi connectivity index (χ3v) is 17.9. The fourth-order valence-corrected chi connectivity index (χ4v) is 12.5. The number of piperidine rings is 5. The van der Waals surface area contributed by atoms with Gasteiger partial charge in [0.05, 0.1) is 22.7 Å². The number of rotatable bonds is 15. The maximum absolute atomic E-state index is 12.5. The second-order valence-electron chi connectivity index (χ2n) is 25.6. The molecule has 33 heteroatoms. The van der Waals surface area contributed by atoms with E-state index in [4.69, 9.17) is 69.2 Å². The van der Waals surface area contributed by atoms with Gasteiger partial charge in [0.15, 0.2) is 11.6 Å². The standard InChI is InChI=1S/C23H27N7O.C23H25N7O.C10H15N5.C8H10Cl2N4.C8H12ClN5.C3H6/c2*24-18-6-2-3-7-19(18)26-21(31)17-11-8-16(9-12-17)10-13-20-27-22(25)29-23(28-20)30-14-4-1-5-15-30;1-2-8-12-9(11)14-10(13-8)15-6-4-3-5-7-15;2*9-6-11-7(10)13-8(12-6)14-4-2-1-3-5-14;1-3-2/h2-3,6-9,11-12H,1,4-5,10,13-15,24H2,(H,26,31)(H2,25,27,28,29);2-3,6-13H,1,4-5,14-15,24H2,(H,26,31)(H2,25,27,28,29);2H,1,3-7H2,(H2,11,12,13,14);1-5H2;1-5H2,(H2,10,11,12,13);3H,1H2,2H3/b;13-10+;;;;. The minimum Gasteiger partial charge on any atom is -0.397 e. The van der Waals surface area contributed by atoms with Crippen molar-refractivity contribution in [2.24, 2.45) is 0 Å². The molecule has 5 aromatic heterocycles. The predicted molar refractivity (Wildman–Crippen MR) is 435 cm³/mol. The van der Waals surface area contributed by atoms with Crippen molar-refractivity contribution in [1.82, 2.24) is 74.8 Å². The molecule has 14 N–H and O–H groups in total. The number of hydrogen-bond donors (Lipinski definition) is 8. The van der Waals surface area contributed by atoms with Crippen LogP contribution in [-0.4, -0.2) is 152 Å². The van der Waals surface area contributed by atoms with E-state index in [1.165, 1.54) is 70.6 Å². The van der Waals surface area contributed by atoms with Gasteiger partial charge in [-0.1, -0.05) is 67.3 Å². The summed E-state index contributed by atoms with van der Waals surface area (Å²) in [5.41, 5.74) is 40.0. The fraction of sp³-hybridized carbons (Fsp3) is 0.373. The first-order chi connectivity index (χ1) is 52.4. The van der Waals surface area contributed by atoms with Crippen molar-refractivity contribution in [3.05, 3.63) is 172 Å². The normalized spacial score (nSPS) is 14.8. The van der Waals surface area contributed by atoms with Crippen LogP contribution in [0.2, 0.25) is 15.9 Å². The topological polar surface area (TPSA) is 424 Å². The van der Waals surface area contributed by atoms with Crippen LogP contribution in [0.15, 0.2) is 116 Å². The van der Waals surface area contributed by atoms with E-state index in [1.807, 2.05) is 73.7 Å². The van der Waals surface area contributed by atoms with Crippen molar-refractivity contribution in [1.29, 1.82) is 0 Å². The van der Waals surface area contributed by atoms with E-state index < -0.39 is 0 Å². The molecule has 0 spiro atoms. The highest BCUT2D eigenvalue weighted by Gasteiger charge is 2.21. The number of amides is 2. The number of halogens is 3. The molecular formula is C75H95Cl3N28O2. The number of carbonyl (C=O) groups is 2. The van der Waals surface area contributed by atoms with Gasteiger partial charge in [-0.2, -0.15) is 74.8 Å². The van der Waals surface area contributed by atoms with Crippen LogP contribution < -0.4 is 69.5 Å². The van der Waals surface area contributed by atoms with Gasteiger partial charge in [-0.25, -0.2) is 0 Å². The molecule has 0 saturated carbocycles. The van der Waals surface area contributed by atoms with Crippen LogP contribution in [0, 0.1) is 0 Å². The predicted octanol–water partition coefficient (Wildman–Crippen LogP) is 12.1. The minimum absolute atomic E-state index is 0.158. The second kappa shape index (κ2) is 42.2. The first-order valence-corrected chi connectivity index (χ1v) is 37.4. The maximum atomic E-state index is 12.5. The Hall–Kier alpha value is -11.2. The summed E-state index contributed by atoms with van der Waals surface area (Å²) in [5.74, 6) is 5.42. The second-order valence-corrected chi connectivity index (χ2v) is 26.6. The SMILES string of the molecule is C=CC.C=Cc1nc(N)nc(N2CCCCC2)n1.Clc1nc(Cl)nc(N2CCCCC2)n1.Nc1nc(/C=C/c2ccc(C(=O)Nc3ccccc3N)cc2)nc(N2CCCCC2)n1.Nc1nc(CCc2ccc(C(=O)Nc3ccccc3N)cc2)nc(N2CCCCC2)n1.Nc1nc(Cl)nc(N2CCCCC2)n1. The fourth-order valence-electron chi connectivity index (χ4n) is 12.0. The van der Waals surface area contributed by atoms with Gasteiger partial charge >= 0.3 is 0 Å². The highest BCUT2D eigenvalue weighted by Crippen LogP contribution is 2.25. The number of nitrogen functional groups attached to an aromatic ring is 6. The van der Waals surface area contributed by atoms with Gasteiger partial charge in [0, 0.05) is 83.0 Å². The maximum Gasteiger partial charge on any atom is 0.255 e. The monoisotopic (exact) mass is 1520 g/mol. The van der Waals surface area contributed by atoms with E-state index in [9.17, 15) is 9.59 Å². The van der Waals surface area contributed by atoms with E-state index in [-0.39, 0.29) is 51.5 Å². The molecule has 0 atom stereocenters. The molecular weight excluding hydrogens is 1430 g/mol. The molecule has 5 fully saturated rings. The van der Waals surface area contributed by atoms with Gasteiger partial charge in [0.1, 0.15) is 5.82 Å². The smallest absolute Gasteiger partial charge is 0.255 e. The summed E-state index contributed by atoms with van der Waals surface area (Å²) in [6, 6.07) is 29.1. The number of benzene rings is 4. The summed E-state index contributed by atoms with van der Waals surface area (Å²) in [5, 5.41) is 6.14. The van der Waals surface area contributed by atoms with Crippen LogP contribution in [0.4, 0.5) is 76.3 Å².